The topological polar surface area (TPSA) is 12.0 Å². The van der Waals surface area contributed by atoms with E-state index in [1.807, 2.05) is 6.07 Å². The van der Waals surface area contributed by atoms with Gasteiger partial charge in [0, 0.05) is 12.0 Å². The first-order chi connectivity index (χ1) is 9.16. The minimum absolute atomic E-state index is 0.106. The molecule has 106 valence electrons. The van der Waals surface area contributed by atoms with Crippen molar-refractivity contribution in [3.05, 3.63) is 35.6 Å². The molecule has 0 radical (unpaired) electrons. The molecule has 1 fully saturated rings. The average Bonchev–Trinajstić information content (AvgIpc) is 2.42. The molecule has 0 saturated heterocycles. The van der Waals surface area contributed by atoms with Gasteiger partial charge in [-0.15, -0.1) is 0 Å². The number of nitrogens with one attached hydrogen (secondary N) is 1. The van der Waals surface area contributed by atoms with E-state index in [-0.39, 0.29) is 11.2 Å². The molecule has 1 aliphatic carbocycles. The van der Waals surface area contributed by atoms with E-state index < -0.39 is 0 Å². The summed E-state index contributed by atoms with van der Waals surface area (Å²) in [6.45, 7) is 6.55. The number of benzene rings is 1. The summed E-state index contributed by atoms with van der Waals surface area (Å²) in [4.78, 5) is 0. The van der Waals surface area contributed by atoms with E-state index in [1.54, 1.807) is 12.1 Å². The van der Waals surface area contributed by atoms with E-state index in [4.69, 9.17) is 0 Å². The first-order valence-electron chi connectivity index (χ1n) is 7.63. The zero-order chi connectivity index (χ0) is 13.7. The van der Waals surface area contributed by atoms with Crippen molar-refractivity contribution in [2.75, 3.05) is 13.1 Å². The maximum atomic E-state index is 13.5. The van der Waals surface area contributed by atoms with E-state index >= 15 is 0 Å². The summed E-state index contributed by atoms with van der Waals surface area (Å²) in [5, 5.41) is 3.56. The molecule has 1 aromatic rings. The Morgan fingerprint density at radius 3 is 2.68 bits per heavy atom. The van der Waals surface area contributed by atoms with E-state index in [9.17, 15) is 4.39 Å². The molecule has 19 heavy (non-hydrogen) atoms. The molecule has 1 aromatic carbocycles. The summed E-state index contributed by atoms with van der Waals surface area (Å²) in [6.07, 6.45) is 6.01. The molecule has 1 aliphatic rings. The lowest BCUT2D eigenvalue weighted by Crippen LogP contribution is -2.41. The lowest BCUT2D eigenvalue weighted by Gasteiger charge is -2.40. The fraction of sp³-hybridized carbons (Fsp3) is 0.647. The smallest absolute Gasteiger partial charge is 0.123 e. The van der Waals surface area contributed by atoms with Gasteiger partial charge in [0.2, 0.25) is 0 Å². The number of hydrogen-bond acceptors (Lipinski definition) is 1. The summed E-state index contributed by atoms with van der Waals surface area (Å²) in [5.74, 6) is 0.707. The molecule has 1 saturated carbocycles. The summed E-state index contributed by atoms with van der Waals surface area (Å²) >= 11 is 0. The van der Waals surface area contributed by atoms with Crippen molar-refractivity contribution < 1.29 is 4.39 Å². The normalized spacial score (nSPS) is 27.4. The first kappa shape index (κ1) is 14.5. The monoisotopic (exact) mass is 263 g/mol. The van der Waals surface area contributed by atoms with Gasteiger partial charge in [-0.3, -0.25) is 0 Å². The van der Waals surface area contributed by atoms with Crippen LogP contribution in [0.2, 0.25) is 0 Å². The van der Waals surface area contributed by atoms with Crippen molar-refractivity contribution >= 4 is 0 Å². The fourth-order valence-corrected chi connectivity index (χ4v) is 3.21. The predicted octanol–water partition coefficient (Wildman–Crippen LogP) is 4.27. The zero-order valence-electron chi connectivity index (χ0n) is 12.2. The van der Waals surface area contributed by atoms with Crippen molar-refractivity contribution in [3.63, 3.8) is 0 Å². The van der Waals surface area contributed by atoms with E-state index in [1.165, 1.54) is 31.2 Å². The molecular weight excluding hydrogens is 237 g/mol. The molecule has 0 aromatic heterocycles. The summed E-state index contributed by atoms with van der Waals surface area (Å²) in [7, 11) is 0. The van der Waals surface area contributed by atoms with Crippen LogP contribution in [0.5, 0.6) is 0 Å². The summed E-state index contributed by atoms with van der Waals surface area (Å²) in [5.41, 5.74) is 1.33. The van der Waals surface area contributed by atoms with Gasteiger partial charge in [-0.2, -0.15) is 0 Å². The van der Waals surface area contributed by atoms with E-state index in [2.05, 4.69) is 25.2 Å². The fourth-order valence-electron chi connectivity index (χ4n) is 3.21. The van der Waals surface area contributed by atoms with Gasteiger partial charge in [0.05, 0.1) is 0 Å². The standard InChI is InChI=1S/C17H26FN/c1-3-11-19-13-17(9-7-14(2)8-10-17)15-5-4-6-16(18)12-15/h4-6,12,14,19H,3,7-11,13H2,1-2H3. The second-order valence-electron chi connectivity index (χ2n) is 6.15. The molecule has 1 nitrogen and oxygen atoms in total. The third-order valence-electron chi connectivity index (χ3n) is 4.56. The molecular formula is C17H26FN. The van der Waals surface area contributed by atoms with Crippen LogP contribution in [0.3, 0.4) is 0 Å². The van der Waals surface area contributed by atoms with Crippen LogP contribution in [0.1, 0.15) is 51.5 Å². The number of hydrogen-bond donors (Lipinski definition) is 1. The Balaban J connectivity index is 2.18. The van der Waals surface area contributed by atoms with Crippen molar-refractivity contribution in [2.24, 2.45) is 5.92 Å². The van der Waals surface area contributed by atoms with Crippen LogP contribution in [-0.2, 0) is 5.41 Å². The van der Waals surface area contributed by atoms with Crippen LogP contribution >= 0.6 is 0 Å². The summed E-state index contributed by atoms with van der Waals surface area (Å²) in [6, 6.07) is 7.24. The van der Waals surface area contributed by atoms with Crippen molar-refractivity contribution in [1.82, 2.24) is 5.32 Å². The Hall–Kier alpha value is -0.890. The zero-order valence-corrected chi connectivity index (χ0v) is 12.2. The van der Waals surface area contributed by atoms with Gasteiger partial charge < -0.3 is 5.32 Å². The predicted molar refractivity (Wildman–Crippen MR) is 78.9 cm³/mol. The largest absolute Gasteiger partial charge is 0.316 e. The van der Waals surface area contributed by atoms with Crippen LogP contribution in [0.4, 0.5) is 4.39 Å². The van der Waals surface area contributed by atoms with Crippen LogP contribution in [0.25, 0.3) is 0 Å². The molecule has 0 atom stereocenters. The third-order valence-corrected chi connectivity index (χ3v) is 4.56. The highest BCUT2D eigenvalue weighted by atomic mass is 19.1. The SMILES string of the molecule is CCCNCC1(c2cccc(F)c2)CCC(C)CC1. The van der Waals surface area contributed by atoms with Crippen LogP contribution in [0, 0.1) is 11.7 Å². The Labute approximate surface area is 116 Å². The summed E-state index contributed by atoms with van der Waals surface area (Å²) < 4.78 is 13.5. The lowest BCUT2D eigenvalue weighted by atomic mass is 9.67. The highest BCUT2D eigenvalue weighted by Gasteiger charge is 2.35. The molecule has 2 heteroatoms. The number of halogens is 1. The molecule has 0 amide bonds. The Morgan fingerprint density at radius 1 is 1.32 bits per heavy atom. The van der Waals surface area contributed by atoms with Gasteiger partial charge in [-0.05, 0) is 62.3 Å². The quantitative estimate of drug-likeness (QED) is 0.782. The van der Waals surface area contributed by atoms with Crippen LogP contribution in [-0.4, -0.2) is 13.1 Å². The second-order valence-corrected chi connectivity index (χ2v) is 6.15. The molecule has 0 aliphatic heterocycles. The molecule has 0 spiro atoms. The van der Waals surface area contributed by atoms with Gasteiger partial charge in [-0.25, -0.2) is 4.39 Å². The van der Waals surface area contributed by atoms with Crippen molar-refractivity contribution in [3.8, 4) is 0 Å². The first-order valence-corrected chi connectivity index (χ1v) is 7.63. The second kappa shape index (κ2) is 6.51. The molecule has 2 rings (SSSR count). The molecule has 0 unspecified atom stereocenters. The number of rotatable bonds is 5. The Morgan fingerprint density at radius 2 is 2.05 bits per heavy atom. The minimum Gasteiger partial charge on any atom is -0.316 e. The highest BCUT2D eigenvalue weighted by Crippen LogP contribution is 2.41. The van der Waals surface area contributed by atoms with Crippen LogP contribution < -0.4 is 5.32 Å². The van der Waals surface area contributed by atoms with Crippen LogP contribution in [0.15, 0.2) is 24.3 Å². The molecule has 0 bridgehead atoms. The maximum absolute atomic E-state index is 13.5. The lowest BCUT2D eigenvalue weighted by molar-refractivity contribution is 0.233. The van der Waals surface area contributed by atoms with Gasteiger partial charge in [0.15, 0.2) is 0 Å². The van der Waals surface area contributed by atoms with Gasteiger partial charge in [0.25, 0.3) is 0 Å². The Bertz CT molecular complexity index is 394. The maximum Gasteiger partial charge on any atom is 0.123 e. The highest BCUT2D eigenvalue weighted by molar-refractivity contribution is 5.27. The minimum atomic E-state index is -0.106. The van der Waals surface area contributed by atoms with Crippen molar-refractivity contribution in [2.45, 2.75) is 51.4 Å². The van der Waals surface area contributed by atoms with Gasteiger partial charge in [0.1, 0.15) is 5.82 Å². The molecule has 0 heterocycles. The van der Waals surface area contributed by atoms with Gasteiger partial charge >= 0.3 is 0 Å². The van der Waals surface area contributed by atoms with E-state index in [0.717, 1.165) is 25.4 Å². The van der Waals surface area contributed by atoms with E-state index in [0.29, 0.717) is 0 Å². The average molecular weight is 263 g/mol. The molecule has 1 N–H and O–H groups in total. The Kier molecular flexibility index (Phi) is 4.98. The third kappa shape index (κ3) is 3.56. The van der Waals surface area contributed by atoms with Crippen molar-refractivity contribution in [1.29, 1.82) is 0 Å². The van der Waals surface area contributed by atoms with Gasteiger partial charge in [-0.1, -0.05) is 26.0 Å².